The maximum Gasteiger partial charge on any atom is 0.218 e. The number of hydrogen-bond donors (Lipinski definition) is 1. The van der Waals surface area contributed by atoms with Crippen LogP contribution in [-0.2, 0) is 13.7 Å². The Morgan fingerprint density at radius 1 is 1.33 bits per heavy atom. The lowest BCUT2D eigenvalue weighted by Gasteiger charge is -2.16. The highest BCUT2D eigenvalue weighted by atomic mass is 16.5. The summed E-state index contributed by atoms with van der Waals surface area (Å²) in [5, 5.41) is 13.6. The Bertz CT molecular complexity index is 520. The maximum absolute atomic E-state index is 9.36. The van der Waals surface area contributed by atoms with Gasteiger partial charge in [-0.1, -0.05) is 30.3 Å². The normalized spacial score (nSPS) is 12.4. The summed E-state index contributed by atoms with van der Waals surface area (Å²) in [7, 11) is 1.82. The molecule has 96 valence electrons. The minimum atomic E-state index is -0.0775. The first kappa shape index (κ1) is 12.6. The molecule has 1 unspecified atom stereocenters. The Hall–Kier alpha value is -1.81. The first-order valence-corrected chi connectivity index (χ1v) is 5.98. The van der Waals surface area contributed by atoms with Crippen LogP contribution in [0.4, 0.5) is 0 Å². The third-order valence-electron chi connectivity index (χ3n) is 3.00. The van der Waals surface area contributed by atoms with E-state index in [1.807, 2.05) is 51.2 Å². The Kier molecular flexibility index (Phi) is 3.67. The highest BCUT2D eigenvalue weighted by Crippen LogP contribution is 2.26. The average Bonchev–Trinajstić information content (AvgIpc) is 2.64. The quantitative estimate of drug-likeness (QED) is 0.900. The molecule has 4 heteroatoms. The van der Waals surface area contributed by atoms with E-state index in [9.17, 15) is 5.11 Å². The summed E-state index contributed by atoms with van der Waals surface area (Å²) in [4.78, 5) is 0. The van der Waals surface area contributed by atoms with E-state index in [0.717, 1.165) is 16.8 Å². The van der Waals surface area contributed by atoms with Gasteiger partial charge in [-0.3, -0.25) is 0 Å². The van der Waals surface area contributed by atoms with Crippen LogP contribution in [0.5, 0.6) is 5.88 Å². The fourth-order valence-electron chi connectivity index (χ4n) is 1.97. The van der Waals surface area contributed by atoms with E-state index in [-0.39, 0.29) is 12.7 Å². The number of aliphatic hydroxyl groups is 1. The summed E-state index contributed by atoms with van der Waals surface area (Å²) >= 11 is 0. The summed E-state index contributed by atoms with van der Waals surface area (Å²) < 4.78 is 7.58. The van der Waals surface area contributed by atoms with E-state index >= 15 is 0 Å². The van der Waals surface area contributed by atoms with Crippen LogP contribution in [0.15, 0.2) is 30.3 Å². The van der Waals surface area contributed by atoms with Crippen LogP contribution in [0.25, 0.3) is 0 Å². The van der Waals surface area contributed by atoms with Gasteiger partial charge in [-0.25, -0.2) is 4.68 Å². The molecule has 0 radical (unpaired) electrons. The summed E-state index contributed by atoms with van der Waals surface area (Å²) in [6, 6.07) is 9.98. The summed E-state index contributed by atoms with van der Waals surface area (Å²) in [5.74, 6) is 0.631. The van der Waals surface area contributed by atoms with Gasteiger partial charge in [0, 0.05) is 7.05 Å². The van der Waals surface area contributed by atoms with Crippen LogP contribution < -0.4 is 4.74 Å². The van der Waals surface area contributed by atoms with Gasteiger partial charge in [0.05, 0.1) is 17.9 Å². The second-order valence-electron chi connectivity index (χ2n) is 4.32. The third kappa shape index (κ3) is 2.38. The van der Waals surface area contributed by atoms with Crippen molar-refractivity contribution in [2.24, 2.45) is 7.05 Å². The molecule has 1 N–H and O–H groups in total. The second kappa shape index (κ2) is 5.23. The standard InChI is InChI=1S/C14H18N2O2/c1-10-13(9-17)14(16(3)15-10)18-11(2)12-7-5-4-6-8-12/h4-8,11,17H,9H2,1-3H3. The van der Waals surface area contributed by atoms with Gasteiger partial charge in [0.25, 0.3) is 0 Å². The molecule has 1 atom stereocenters. The first-order valence-electron chi connectivity index (χ1n) is 5.98. The number of aryl methyl sites for hydroxylation is 2. The molecule has 0 saturated carbocycles. The van der Waals surface area contributed by atoms with Crippen molar-refractivity contribution < 1.29 is 9.84 Å². The Balaban J connectivity index is 2.24. The van der Waals surface area contributed by atoms with Crippen molar-refractivity contribution in [3.8, 4) is 5.88 Å². The van der Waals surface area contributed by atoms with Gasteiger partial charge >= 0.3 is 0 Å². The van der Waals surface area contributed by atoms with Crippen molar-refractivity contribution in [1.29, 1.82) is 0 Å². The number of aliphatic hydroxyl groups excluding tert-OH is 1. The first-order chi connectivity index (χ1) is 8.63. The molecule has 1 aromatic heterocycles. The molecule has 2 aromatic rings. The van der Waals surface area contributed by atoms with Gasteiger partial charge in [0.2, 0.25) is 5.88 Å². The molecular weight excluding hydrogens is 228 g/mol. The molecule has 0 fully saturated rings. The Morgan fingerprint density at radius 2 is 2.00 bits per heavy atom. The Labute approximate surface area is 107 Å². The number of rotatable bonds is 4. The second-order valence-corrected chi connectivity index (χ2v) is 4.32. The zero-order chi connectivity index (χ0) is 13.1. The van der Waals surface area contributed by atoms with Crippen molar-refractivity contribution in [1.82, 2.24) is 9.78 Å². The number of nitrogens with zero attached hydrogens (tertiary/aromatic N) is 2. The van der Waals surface area contributed by atoms with Crippen LogP contribution in [0.3, 0.4) is 0 Å². The fourth-order valence-corrected chi connectivity index (χ4v) is 1.97. The van der Waals surface area contributed by atoms with Gasteiger partial charge in [-0.05, 0) is 19.4 Å². The molecule has 0 amide bonds. The van der Waals surface area contributed by atoms with Gasteiger partial charge < -0.3 is 9.84 Å². The van der Waals surface area contributed by atoms with E-state index in [4.69, 9.17) is 4.74 Å². The molecule has 0 aliphatic heterocycles. The highest BCUT2D eigenvalue weighted by Gasteiger charge is 2.17. The molecule has 2 rings (SSSR count). The molecule has 0 aliphatic carbocycles. The summed E-state index contributed by atoms with van der Waals surface area (Å²) in [6.45, 7) is 3.79. The van der Waals surface area contributed by atoms with Crippen LogP contribution >= 0.6 is 0 Å². The average molecular weight is 246 g/mol. The van der Waals surface area contributed by atoms with E-state index in [1.165, 1.54) is 0 Å². The number of benzene rings is 1. The van der Waals surface area contributed by atoms with Crippen molar-refractivity contribution >= 4 is 0 Å². The third-order valence-corrected chi connectivity index (χ3v) is 3.00. The van der Waals surface area contributed by atoms with Gasteiger partial charge in [-0.2, -0.15) is 5.10 Å². The highest BCUT2D eigenvalue weighted by molar-refractivity contribution is 5.31. The van der Waals surface area contributed by atoms with Crippen molar-refractivity contribution in [2.45, 2.75) is 26.6 Å². The molecule has 0 spiro atoms. The van der Waals surface area contributed by atoms with Gasteiger partial charge in [0.15, 0.2) is 0 Å². The van der Waals surface area contributed by atoms with Gasteiger partial charge in [-0.15, -0.1) is 0 Å². The lowest BCUT2D eigenvalue weighted by Crippen LogP contribution is -2.07. The number of ether oxygens (including phenoxy) is 1. The van der Waals surface area contributed by atoms with Gasteiger partial charge in [0.1, 0.15) is 6.10 Å². The number of aromatic nitrogens is 2. The van der Waals surface area contributed by atoms with Crippen LogP contribution in [0.2, 0.25) is 0 Å². The Morgan fingerprint density at radius 3 is 2.61 bits per heavy atom. The topological polar surface area (TPSA) is 47.3 Å². The predicted molar refractivity (Wildman–Crippen MR) is 69.4 cm³/mol. The minimum absolute atomic E-state index is 0.0590. The smallest absolute Gasteiger partial charge is 0.218 e. The lowest BCUT2D eigenvalue weighted by molar-refractivity contribution is 0.196. The predicted octanol–water partition coefficient (Wildman–Crippen LogP) is 2.36. The minimum Gasteiger partial charge on any atom is -0.470 e. The molecule has 0 aliphatic rings. The van der Waals surface area contributed by atoms with Crippen LogP contribution in [-0.4, -0.2) is 14.9 Å². The van der Waals surface area contributed by atoms with Crippen LogP contribution in [0, 0.1) is 6.92 Å². The van der Waals surface area contributed by atoms with E-state index in [0.29, 0.717) is 5.88 Å². The zero-order valence-electron chi connectivity index (χ0n) is 10.9. The molecule has 18 heavy (non-hydrogen) atoms. The zero-order valence-corrected chi connectivity index (χ0v) is 10.9. The molecule has 0 bridgehead atoms. The SMILES string of the molecule is Cc1nn(C)c(OC(C)c2ccccc2)c1CO. The summed E-state index contributed by atoms with van der Waals surface area (Å²) in [6.07, 6.45) is -0.0775. The van der Waals surface area contributed by atoms with Crippen molar-refractivity contribution in [3.63, 3.8) is 0 Å². The molecule has 4 nitrogen and oxygen atoms in total. The molecular formula is C14H18N2O2. The maximum atomic E-state index is 9.36. The van der Waals surface area contributed by atoms with Crippen molar-refractivity contribution in [3.05, 3.63) is 47.2 Å². The lowest BCUT2D eigenvalue weighted by atomic mass is 10.1. The van der Waals surface area contributed by atoms with E-state index in [2.05, 4.69) is 5.10 Å². The number of hydrogen-bond acceptors (Lipinski definition) is 3. The monoisotopic (exact) mass is 246 g/mol. The molecule has 1 aromatic carbocycles. The van der Waals surface area contributed by atoms with E-state index < -0.39 is 0 Å². The fraction of sp³-hybridized carbons (Fsp3) is 0.357. The van der Waals surface area contributed by atoms with E-state index in [1.54, 1.807) is 4.68 Å². The van der Waals surface area contributed by atoms with Crippen LogP contribution in [0.1, 0.15) is 29.8 Å². The molecule has 1 heterocycles. The van der Waals surface area contributed by atoms with Crippen molar-refractivity contribution in [2.75, 3.05) is 0 Å². The summed E-state index contributed by atoms with van der Waals surface area (Å²) in [5.41, 5.74) is 2.65. The molecule has 0 saturated heterocycles. The largest absolute Gasteiger partial charge is 0.470 e.